The number of hydrogen-bond acceptors (Lipinski definition) is 4. The minimum absolute atomic E-state index is 0.112. The highest BCUT2D eigenvalue weighted by Crippen LogP contribution is 2.14. The molecule has 138 valence electrons. The van der Waals surface area contributed by atoms with E-state index in [1.807, 2.05) is 24.3 Å². The Kier molecular flexibility index (Phi) is 7.02. The monoisotopic (exact) mass is 356 g/mol. The number of nitrogens with one attached hydrogen (secondary N) is 1. The number of carbonyl (C=O) groups is 2. The van der Waals surface area contributed by atoms with Crippen molar-refractivity contribution in [1.82, 2.24) is 5.32 Å². The maximum absolute atomic E-state index is 11.9. The van der Waals surface area contributed by atoms with Gasteiger partial charge in [0.15, 0.2) is 6.61 Å². The highest BCUT2D eigenvalue weighted by molar-refractivity contribution is 5.92. The number of rotatable bonds is 9. The fourth-order valence-electron chi connectivity index (χ4n) is 2.12. The van der Waals surface area contributed by atoms with Gasteiger partial charge in [-0.25, -0.2) is 0 Å². The van der Waals surface area contributed by atoms with Gasteiger partial charge in [0.2, 0.25) is 5.91 Å². The van der Waals surface area contributed by atoms with Crippen molar-refractivity contribution in [3.05, 3.63) is 59.7 Å². The third-order valence-corrected chi connectivity index (χ3v) is 3.48. The van der Waals surface area contributed by atoms with Gasteiger partial charge in [-0.1, -0.05) is 26.0 Å². The van der Waals surface area contributed by atoms with E-state index in [0.29, 0.717) is 30.4 Å². The lowest BCUT2D eigenvalue weighted by molar-refractivity contribution is -0.123. The van der Waals surface area contributed by atoms with E-state index in [9.17, 15) is 9.59 Å². The third-order valence-electron chi connectivity index (χ3n) is 3.48. The molecule has 6 nitrogen and oxygen atoms in total. The molecule has 2 amide bonds. The largest absolute Gasteiger partial charge is 0.493 e. The smallest absolute Gasteiger partial charge is 0.258 e. The summed E-state index contributed by atoms with van der Waals surface area (Å²) in [5.41, 5.74) is 6.51. The molecule has 6 heteroatoms. The van der Waals surface area contributed by atoms with Crippen molar-refractivity contribution in [3.63, 3.8) is 0 Å². The van der Waals surface area contributed by atoms with Gasteiger partial charge in [0.05, 0.1) is 6.61 Å². The maximum atomic E-state index is 11.9. The minimum Gasteiger partial charge on any atom is -0.493 e. The van der Waals surface area contributed by atoms with Crippen LogP contribution in [0.2, 0.25) is 0 Å². The summed E-state index contributed by atoms with van der Waals surface area (Å²) in [7, 11) is 0. The second-order valence-corrected chi connectivity index (χ2v) is 6.31. The molecule has 0 atom stereocenters. The Labute approximate surface area is 153 Å². The highest BCUT2D eigenvalue weighted by atomic mass is 16.5. The molecule has 0 heterocycles. The van der Waals surface area contributed by atoms with E-state index in [4.69, 9.17) is 15.2 Å². The van der Waals surface area contributed by atoms with Crippen LogP contribution in [0.1, 0.15) is 29.8 Å². The van der Waals surface area contributed by atoms with Gasteiger partial charge >= 0.3 is 0 Å². The normalized spacial score (nSPS) is 10.4. The summed E-state index contributed by atoms with van der Waals surface area (Å²) in [4.78, 5) is 22.9. The van der Waals surface area contributed by atoms with Gasteiger partial charge in [0.25, 0.3) is 5.91 Å². The Morgan fingerprint density at radius 2 is 1.77 bits per heavy atom. The summed E-state index contributed by atoms with van der Waals surface area (Å²) in [6.07, 6.45) is 0. The molecule has 0 saturated heterocycles. The van der Waals surface area contributed by atoms with Gasteiger partial charge in [-0.2, -0.15) is 0 Å². The molecular formula is C20H24N2O4. The van der Waals surface area contributed by atoms with E-state index in [2.05, 4.69) is 19.2 Å². The number of hydrogen-bond donors (Lipinski definition) is 2. The number of benzene rings is 2. The molecule has 0 aromatic heterocycles. The van der Waals surface area contributed by atoms with E-state index in [1.165, 1.54) is 0 Å². The second kappa shape index (κ2) is 9.46. The number of ether oxygens (including phenoxy) is 2. The van der Waals surface area contributed by atoms with E-state index in [0.717, 1.165) is 11.3 Å². The summed E-state index contributed by atoms with van der Waals surface area (Å²) in [6, 6.07) is 13.9. The molecule has 0 saturated carbocycles. The number of primary amides is 1. The van der Waals surface area contributed by atoms with E-state index < -0.39 is 5.91 Å². The zero-order valence-corrected chi connectivity index (χ0v) is 15.0. The Morgan fingerprint density at radius 1 is 1.04 bits per heavy atom. The first kappa shape index (κ1) is 19.3. The Bertz CT molecular complexity index is 742. The van der Waals surface area contributed by atoms with E-state index in [1.54, 1.807) is 24.3 Å². The molecule has 3 N–H and O–H groups in total. The van der Waals surface area contributed by atoms with Crippen LogP contribution in [-0.2, 0) is 11.3 Å². The van der Waals surface area contributed by atoms with Crippen molar-refractivity contribution in [2.45, 2.75) is 20.4 Å². The molecule has 0 radical (unpaired) electrons. The fourth-order valence-corrected chi connectivity index (χ4v) is 2.12. The zero-order valence-electron chi connectivity index (χ0n) is 15.0. The molecule has 0 fully saturated rings. The van der Waals surface area contributed by atoms with Crippen molar-refractivity contribution in [3.8, 4) is 11.5 Å². The average molecular weight is 356 g/mol. The Balaban J connectivity index is 1.77. The molecule has 2 aromatic rings. The molecule has 0 unspecified atom stereocenters. The van der Waals surface area contributed by atoms with Crippen molar-refractivity contribution in [1.29, 1.82) is 0 Å². The lowest BCUT2D eigenvalue weighted by Crippen LogP contribution is -2.28. The van der Waals surface area contributed by atoms with Gasteiger partial charge in [0.1, 0.15) is 11.5 Å². The second-order valence-electron chi connectivity index (χ2n) is 6.31. The van der Waals surface area contributed by atoms with Crippen LogP contribution in [0.15, 0.2) is 48.5 Å². The van der Waals surface area contributed by atoms with Crippen LogP contribution in [0.3, 0.4) is 0 Å². The van der Waals surface area contributed by atoms with Crippen molar-refractivity contribution in [2.75, 3.05) is 13.2 Å². The first-order valence-electron chi connectivity index (χ1n) is 8.45. The molecule has 0 aliphatic heterocycles. The summed E-state index contributed by atoms with van der Waals surface area (Å²) >= 11 is 0. The molecule has 2 rings (SSSR count). The highest BCUT2D eigenvalue weighted by Gasteiger charge is 2.05. The predicted octanol–water partition coefficient (Wildman–Crippen LogP) is 2.52. The molecule has 0 aliphatic carbocycles. The SMILES string of the molecule is CC(C)COc1cccc(CNC(=O)COc2ccc(C(N)=O)cc2)c1. The first-order valence-corrected chi connectivity index (χ1v) is 8.45. The number of nitrogens with two attached hydrogens (primary N) is 1. The summed E-state index contributed by atoms with van der Waals surface area (Å²) < 4.78 is 11.1. The summed E-state index contributed by atoms with van der Waals surface area (Å²) in [5.74, 6) is 0.990. The number of amides is 2. The van der Waals surface area contributed by atoms with Crippen LogP contribution in [0.25, 0.3) is 0 Å². The maximum Gasteiger partial charge on any atom is 0.258 e. The predicted molar refractivity (Wildman–Crippen MR) is 99.1 cm³/mol. The van der Waals surface area contributed by atoms with Crippen LogP contribution >= 0.6 is 0 Å². The van der Waals surface area contributed by atoms with Crippen molar-refractivity contribution in [2.24, 2.45) is 11.7 Å². The van der Waals surface area contributed by atoms with Gasteiger partial charge in [-0.3, -0.25) is 9.59 Å². The molecule has 0 bridgehead atoms. The number of carbonyl (C=O) groups excluding carboxylic acids is 2. The third kappa shape index (κ3) is 6.47. The lowest BCUT2D eigenvalue weighted by Gasteiger charge is -2.11. The molecule has 0 spiro atoms. The summed E-state index contributed by atoms with van der Waals surface area (Å²) in [5, 5.41) is 2.80. The van der Waals surface area contributed by atoms with Crippen molar-refractivity contribution < 1.29 is 19.1 Å². The van der Waals surface area contributed by atoms with Crippen LogP contribution in [0.5, 0.6) is 11.5 Å². The van der Waals surface area contributed by atoms with E-state index >= 15 is 0 Å². The van der Waals surface area contributed by atoms with E-state index in [-0.39, 0.29) is 12.5 Å². The fraction of sp³-hybridized carbons (Fsp3) is 0.300. The minimum atomic E-state index is -0.506. The van der Waals surface area contributed by atoms with Gasteiger partial charge in [-0.05, 0) is 47.9 Å². The standard InChI is InChI=1S/C20H24N2O4/c1-14(2)12-25-18-5-3-4-15(10-18)11-22-19(23)13-26-17-8-6-16(7-9-17)20(21)24/h3-10,14H,11-13H2,1-2H3,(H2,21,24)(H,22,23). The first-order chi connectivity index (χ1) is 12.4. The van der Waals surface area contributed by atoms with Gasteiger partial charge in [0, 0.05) is 12.1 Å². The van der Waals surface area contributed by atoms with Gasteiger partial charge < -0.3 is 20.5 Å². The molecule has 2 aromatic carbocycles. The van der Waals surface area contributed by atoms with Gasteiger partial charge in [-0.15, -0.1) is 0 Å². The summed E-state index contributed by atoms with van der Waals surface area (Å²) in [6.45, 7) is 5.11. The average Bonchev–Trinajstić information content (AvgIpc) is 2.63. The van der Waals surface area contributed by atoms with Crippen molar-refractivity contribution >= 4 is 11.8 Å². The van der Waals surface area contributed by atoms with Crippen LogP contribution < -0.4 is 20.5 Å². The topological polar surface area (TPSA) is 90.7 Å². The van der Waals surface area contributed by atoms with Crippen LogP contribution in [-0.4, -0.2) is 25.0 Å². The Hall–Kier alpha value is -3.02. The molecule has 26 heavy (non-hydrogen) atoms. The van der Waals surface area contributed by atoms with Crippen LogP contribution in [0, 0.1) is 5.92 Å². The molecular weight excluding hydrogens is 332 g/mol. The Morgan fingerprint density at radius 3 is 2.42 bits per heavy atom. The molecule has 0 aliphatic rings. The zero-order chi connectivity index (χ0) is 18.9. The lowest BCUT2D eigenvalue weighted by atomic mass is 10.2. The quantitative estimate of drug-likeness (QED) is 0.722. The van der Waals surface area contributed by atoms with Crippen LogP contribution in [0.4, 0.5) is 0 Å².